The Labute approximate surface area is 141 Å². The number of carbonyl (C=O) groups is 1. The van der Waals surface area contributed by atoms with Gasteiger partial charge in [0.2, 0.25) is 5.91 Å². The summed E-state index contributed by atoms with van der Waals surface area (Å²) >= 11 is 0. The van der Waals surface area contributed by atoms with Crippen LogP contribution in [0.2, 0.25) is 0 Å². The third kappa shape index (κ3) is 4.41. The molecular formula is C18H25N3O3. The lowest BCUT2D eigenvalue weighted by Gasteiger charge is -2.26. The van der Waals surface area contributed by atoms with Crippen LogP contribution in [0.25, 0.3) is 10.8 Å². The topological polar surface area (TPSA) is 84.2 Å². The third-order valence-corrected chi connectivity index (χ3v) is 3.96. The Kier molecular flexibility index (Phi) is 5.39. The lowest BCUT2D eigenvalue weighted by atomic mass is 9.87. The molecule has 6 nitrogen and oxygen atoms in total. The van der Waals surface area contributed by atoms with E-state index in [1.807, 2.05) is 32.9 Å². The largest absolute Gasteiger partial charge is 0.393 e. The highest BCUT2D eigenvalue weighted by atomic mass is 16.3. The van der Waals surface area contributed by atoms with Gasteiger partial charge in [-0.2, -0.15) is 5.10 Å². The number of nitrogens with zero attached hydrogens (tertiary/aromatic N) is 2. The number of aliphatic hydroxyl groups excluding tert-OH is 1. The second-order valence-electron chi connectivity index (χ2n) is 7.09. The van der Waals surface area contributed by atoms with Crippen molar-refractivity contribution in [3.8, 4) is 0 Å². The van der Waals surface area contributed by atoms with Gasteiger partial charge in [-0.3, -0.25) is 9.59 Å². The van der Waals surface area contributed by atoms with Crippen LogP contribution in [0.5, 0.6) is 0 Å². The standard InChI is InChI=1S/C18H25N3O3/c1-12(22)9-18(3,4)11-19-16(23)10-21-17(24)15-8-6-5-7-14(15)13(2)20-21/h5-8,12,22H,9-11H2,1-4H3,(H,19,23). The summed E-state index contributed by atoms with van der Waals surface area (Å²) in [7, 11) is 0. The average molecular weight is 331 g/mol. The molecule has 1 amide bonds. The van der Waals surface area contributed by atoms with Gasteiger partial charge in [-0.1, -0.05) is 32.0 Å². The van der Waals surface area contributed by atoms with E-state index < -0.39 is 6.10 Å². The molecule has 0 radical (unpaired) electrons. The molecule has 0 aliphatic heterocycles. The van der Waals surface area contributed by atoms with Crippen LogP contribution in [0.1, 0.15) is 32.9 Å². The van der Waals surface area contributed by atoms with Gasteiger partial charge >= 0.3 is 0 Å². The van der Waals surface area contributed by atoms with E-state index in [2.05, 4.69) is 10.4 Å². The van der Waals surface area contributed by atoms with Gasteiger partial charge in [0.15, 0.2) is 0 Å². The van der Waals surface area contributed by atoms with Gasteiger partial charge in [0.05, 0.1) is 17.2 Å². The molecule has 6 heteroatoms. The number of hydrogen-bond acceptors (Lipinski definition) is 4. The molecule has 1 aromatic carbocycles. The van der Waals surface area contributed by atoms with E-state index in [0.717, 1.165) is 5.39 Å². The zero-order valence-corrected chi connectivity index (χ0v) is 14.7. The minimum Gasteiger partial charge on any atom is -0.393 e. The monoisotopic (exact) mass is 331 g/mol. The van der Waals surface area contributed by atoms with Crippen molar-refractivity contribution < 1.29 is 9.90 Å². The quantitative estimate of drug-likeness (QED) is 0.842. The zero-order chi connectivity index (χ0) is 17.9. The summed E-state index contributed by atoms with van der Waals surface area (Å²) in [6.45, 7) is 7.81. The Morgan fingerprint density at radius 3 is 2.58 bits per heavy atom. The second-order valence-corrected chi connectivity index (χ2v) is 7.09. The fourth-order valence-corrected chi connectivity index (χ4v) is 2.91. The third-order valence-electron chi connectivity index (χ3n) is 3.96. The summed E-state index contributed by atoms with van der Waals surface area (Å²) in [4.78, 5) is 24.6. The zero-order valence-electron chi connectivity index (χ0n) is 14.7. The van der Waals surface area contributed by atoms with Gasteiger partial charge in [0.1, 0.15) is 6.54 Å². The Balaban J connectivity index is 2.11. The van der Waals surface area contributed by atoms with E-state index >= 15 is 0 Å². The summed E-state index contributed by atoms with van der Waals surface area (Å²) in [6, 6.07) is 7.25. The lowest BCUT2D eigenvalue weighted by molar-refractivity contribution is -0.122. The van der Waals surface area contributed by atoms with Crippen LogP contribution in [-0.2, 0) is 11.3 Å². The van der Waals surface area contributed by atoms with Crippen molar-refractivity contribution in [2.24, 2.45) is 5.41 Å². The molecule has 1 unspecified atom stereocenters. The van der Waals surface area contributed by atoms with E-state index in [1.54, 1.807) is 19.1 Å². The molecule has 0 bridgehead atoms. The molecule has 0 aliphatic carbocycles. The molecule has 0 saturated carbocycles. The maximum absolute atomic E-state index is 12.5. The minimum absolute atomic E-state index is 0.116. The lowest BCUT2D eigenvalue weighted by Crippen LogP contribution is -2.39. The number of hydrogen-bond donors (Lipinski definition) is 2. The van der Waals surface area contributed by atoms with Crippen molar-refractivity contribution in [3.63, 3.8) is 0 Å². The van der Waals surface area contributed by atoms with E-state index in [1.165, 1.54) is 4.68 Å². The van der Waals surface area contributed by atoms with Gasteiger partial charge in [0.25, 0.3) is 5.56 Å². The first kappa shape index (κ1) is 18.1. The molecule has 0 fully saturated rings. The number of aryl methyl sites for hydroxylation is 1. The number of rotatable bonds is 6. The smallest absolute Gasteiger partial charge is 0.275 e. The molecule has 0 saturated heterocycles. The first-order chi connectivity index (χ1) is 11.2. The van der Waals surface area contributed by atoms with Gasteiger partial charge in [-0.15, -0.1) is 0 Å². The van der Waals surface area contributed by atoms with Crippen LogP contribution >= 0.6 is 0 Å². The Morgan fingerprint density at radius 1 is 1.33 bits per heavy atom. The van der Waals surface area contributed by atoms with Crippen molar-refractivity contribution in [1.82, 2.24) is 15.1 Å². The normalized spacial score (nSPS) is 13.0. The molecule has 2 rings (SSSR count). The van der Waals surface area contributed by atoms with Gasteiger partial charge in [-0.25, -0.2) is 4.68 Å². The molecule has 2 aromatic rings. The maximum atomic E-state index is 12.5. The van der Waals surface area contributed by atoms with Crippen molar-refractivity contribution in [3.05, 3.63) is 40.3 Å². The molecule has 0 spiro atoms. The number of amides is 1. The SMILES string of the molecule is Cc1nn(CC(=O)NCC(C)(C)CC(C)O)c(=O)c2ccccc12. The van der Waals surface area contributed by atoms with Crippen LogP contribution in [0.3, 0.4) is 0 Å². The molecule has 1 atom stereocenters. The molecule has 24 heavy (non-hydrogen) atoms. The number of aromatic nitrogens is 2. The summed E-state index contributed by atoms with van der Waals surface area (Å²) < 4.78 is 1.20. The van der Waals surface area contributed by atoms with Crippen molar-refractivity contribution in [1.29, 1.82) is 0 Å². The molecule has 0 aliphatic rings. The van der Waals surface area contributed by atoms with E-state index in [9.17, 15) is 14.7 Å². The summed E-state index contributed by atoms with van der Waals surface area (Å²) in [5.74, 6) is -0.266. The maximum Gasteiger partial charge on any atom is 0.275 e. The highest BCUT2D eigenvalue weighted by molar-refractivity contribution is 5.83. The summed E-state index contributed by atoms with van der Waals surface area (Å²) in [5, 5.41) is 17.9. The molecule has 2 N–H and O–H groups in total. The predicted octanol–water partition coefficient (Wildman–Crippen LogP) is 1.62. The average Bonchev–Trinajstić information content (AvgIpc) is 2.49. The fraction of sp³-hybridized carbons (Fsp3) is 0.500. The fourth-order valence-electron chi connectivity index (χ4n) is 2.91. The summed E-state index contributed by atoms with van der Waals surface area (Å²) in [5.41, 5.74) is 0.226. The second kappa shape index (κ2) is 7.13. The van der Waals surface area contributed by atoms with Gasteiger partial charge in [-0.05, 0) is 31.7 Å². The number of carbonyl (C=O) groups excluding carboxylic acids is 1. The molecule has 1 aromatic heterocycles. The van der Waals surface area contributed by atoms with Crippen molar-refractivity contribution in [2.75, 3.05) is 6.54 Å². The van der Waals surface area contributed by atoms with E-state index in [0.29, 0.717) is 24.0 Å². The van der Waals surface area contributed by atoms with Crippen LogP contribution in [-0.4, -0.2) is 33.4 Å². The van der Waals surface area contributed by atoms with E-state index in [4.69, 9.17) is 0 Å². The number of fused-ring (bicyclic) bond motifs is 1. The van der Waals surface area contributed by atoms with Gasteiger partial charge < -0.3 is 10.4 Å². The van der Waals surface area contributed by atoms with Crippen LogP contribution in [0.15, 0.2) is 29.1 Å². The number of benzene rings is 1. The van der Waals surface area contributed by atoms with Crippen LogP contribution in [0.4, 0.5) is 0 Å². The molecule has 1 heterocycles. The van der Waals surface area contributed by atoms with Crippen molar-refractivity contribution >= 4 is 16.7 Å². The predicted molar refractivity (Wildman–Crippen MR) is 93.8 cm³/mol. The summed E-state index contributed by atoms with van der Waals surface area (Å²) in [6.07, 6.45) is 0.157. The Hall–Kier alpha value is -2.21. The molecular weight excluding hydrogens is 306 g/mol. The Bertz CT molecular complexity index is 794. The highest BCUT2D eigenvalue weighted by Crippen LogP contribution is 2.21. The first-order valence-corrected chi connectivity index (χ1v) is 8.11. The van der Waals surface area contributed by atoms with E-state index in [-0.39, 0.29) is 23.4 Å². The number of nitrogens with one attached hydrogen (secondary N) is 1. The minimum atomic E-state index is -0.427. The highest BCUT2D eigenvalue weighted by Gasteiger charge is 2.21. The van der Waals surface area contributed by atoms with Crippen LogP contribution < -0.4 is 10.9 Å². The van der Waals surface area contributed by atoms with Gasteiger partial charge in [0, 0.05) is 11.9 Å². The van der Waals surface area contributed by atoms with Crippen molar-refractivity contribution in [2.45, 2.75) is 46.8 Å². The number of aliphatic hydroxyl groups is 1. The first-order valence-electron chi connectivity index (χ1n) is 8.11. The molecule has 130 valence electrons. The Morgan fingerprint density at radius 2 is 1.96 bits per heavy atom. The van der Waals surface area contributed by atoms with Crippen LogP contribution in [0, 0.1) is 12.3 Å².